The molecule has 2 rings (SSSR count). The second-order valence-electron chi connectivity index (χ2n) is 5.58. The number of esters is 1. The van der Waals surface area contributed by atoms with Gasteiger partial charge in [0.05, 0.1) is 25.5 Å². The first kappa shape index (κ1) is 18.3. The Labute approximate surface area is 147 Å². The van der Waals surface area contributed by atoms with Gasteiger partial charge in [-0.05, 0) is 43.7 Å². The number of nitrogens with one attached hydrogen (secondary N) is 2. The molecule has 0 heterocycles. The first-order chi connectivity index (χ1) is 12.0. The summed E-state index contributed by atoms with van der Waals surface area (Å²) in [7, 11) is 2.88. The summed E-state index contributed by atoms with van der Waals surface area (Å²) in [4.78, 5) is 24.1. The highest BCUT2D eigenvalue weighted by molar-refractivity contribution is 5.98. The van der Waals surface area contributed by atoms with Crippen LogP contribution in [-0.2, 0) is 9.53 Å². The van der Waals surface area contributed by atoms with Gasteiger partial charge >= 0.3 is 5.97 Å². The highest BCUT2D eigenvalue weighted by Gasteiger charge is 2.16. The second-order valence-corrected chi connectivity index (χ2v) is 5.58. The Bertz CT molecular complexity index is 774. The first-order valence-electron chi connectivity index (χ1n) is 7.85. The van der Waals surface area contributed by atoms with Gasteiger partial charge in [0.25, 0.3) is 0 Å². The van der Waals surface area contributed by atoms with E-state index >= 15 is 0 Å². The third kappa shape index (κ3) is 4.50. The lowest BCUT2D eigenvalue weighted by molar-refractivity contribution is -0.116. The fourth-order valence-corrected chi connectivity index (χ4v) is 2.31. The molecule has 0 aromatic heterocycles. The van der Waals surface area contributed by atoms with Crippen molar-refractivity contribution in [3.05, 3.63) is 53.6 Å². The van der Waals surface area contributed by atoms with Crippen molar-refractivity contribution in [3.63, 3.8) is 0 Å². The molecule has 0 fully saturated rings. The molecule has 0 unspecified atom stereocenters. The quantitative estimate of drug-likeness (QED) is 0.788. The second kappa shape index (κ2) is 8.19. The minimum atomic E-state index is -0.517. The van der Waals surface area contributed by atoms with E-state index in [1.165, 1.54) is 7.11 Å². The number of carbonyl (C=O) groups is 2. The summed E-state index contributed by atoms with van der Waals surface area (Å²) in [6.07, 6.45) is 0. The van der Waals surface area contributed by atoms with E-state index in [1.54, 1.807) is 44.4 Å². The van der Waals surface area contributed by atoms with Crippen LogP contribution in [-0.4, -0.2) is 32.1 Å². The molecule has 1 atom stereocenters. The average molecular weight is 342 g/mol. The highest BCUT2D eigenvalue weighted by atomic mass is 16.5. The van der Waals surface area contributed by atoms with Crippen LogP contribution in [0.1, 0.15) is 22.8 Å². The number of para-hydroxylation sites is 2. The van der Waals surface area contributed by atoms with Crippen LogP contribution in [0, 0.1) is 6.92 Å². The normalized spacial score (nSPS) is 11.4. The van der Waals surface area contributed by atoms with Crippen molar-refractivity contribution < 1.29 is 19.1 Å². The van der Waals surface area contributed by atoms with Crippen LogP contribution >= 0.6 is 0 Å². The SMILES string of the molecule is COC(=O)c1ccc(C)c(N[C@H](C)C(=O)Nc2ccccc2OC)c1. The Morgan fingerprint density at radius 1 is 1.04 bits per heavy atom. The number of anilines is 2. The van der Waals surface area contributed by atoms with Crippen LogP contribution in [0.25, 0.3) is 0 Å². The smallest absolute Gasteiger partial charge is 0.337 e. The van der Waals surface area contributed by atoms with Crippen LogP contribution in [0.3, 0.4) is 0 Å². The van der Waals surface area contributed by atoms with E-state index in [0.29, 0.717) is 22.7 Å². The van der Waals surface area contributed by atoms with Crippen molar-refractivity contribution >= 4 is 23.3 Å². The molecule has 132 valence electrons. The molecule has 6 heteroatoms. The van der Waals surface area contributed by atoms with Crippen molar-refractivity contribution in [1.82, 2.24) is 0 Å². The van der Waals surface area contributed by atoms with E-state index in [4.69, 9.17) is 9.47 Å². The van der Waals surface area contributed by atoms with Gasteiger partial charge in [-0.15, -0.1) is 0 Å². The molecular weight excluding hydrogens is 320 g/mol. The monoisotopic (exact) mass is 342 g/mol. The van der Waals surface area contributed by atoms with Gasteiger partial charge < -0.3 is 20.1 Å². The molecule has 0 aliphatic carbocycles. The fraction of sp³-hybridized carbons (Fsp3) is 0.263. The van der Waals surface area contributed by atoms with E-state index in [9.17, 15) is 9.59 Å². The predicted molar refractivity (Wildman–Crippen MR) is 97.2 cm³/mol. The molecule has 0 aliphatic heterocycles. The molecule has 0 radical (unpaired) electrons. The lowest BCUT2D eigenvalue weighted by Crippen LogP contribution is -2.32. The maximum atomic E-state index is 12.5. The summed E-state index contributed by atoms with van der Waals surface area (Å²) in [5.41, 5.74) is 2.65. The van der Waals surface area contributed by atoms with Crippen molar-refractivity contribution in [2.24, 2.45) is 0 Å². The number of hydrogen-bond donors (Lipinski definition) is 2. The number of ether oxygens (including phenoxy) is 2. The van der Waals surface area contributed by atoms with E-state index < -0.39 is 12.0 Å². The topological polar surface area (TPSA) is 76.7 Å². The van der Waals surface area contributed by atoms with Gasteiger partial charge in [-0.3, -0.25) is 4.79 Å². The summed E-state index contributed by atoms with van der Waals surface area (Å²) in [6.45, 7) is 3.64. The molecule has 0 spiro atoms. The van der Waals surface area contributed by atoms with Gasteiger partial charge in [0.2, 0.25) is 5.91 Å². The Balaban J connectivity index is 2.12. The average Bonchev–Trinajstić information content (AvgIpc) is 2.63. The number of rotatable bonds is 6. The third-order valence-corrected chi connectivity index (χ3v) is 3.79. The van der Waals surface area contributed by atoms with Gasteiger partial charge in [-0.1, -0.05) is 18.2 Å². The summed E-state index contributed by atoms with van der Waals surface area (Å²) < 4.78 is 9.96. The largest absolute Gasteiger partial charge is 0.495 e. The van der Waals surface area contributed by atoms with Crippen LogP contribution in [0.5, 0.6) is 5.75 Å². The van der Waals surface area contributed by atoms with Gasteiger partial charge in [0.15, 0.2) is 0 Å². The summed E-state index contributed by atoms with van der Waals surface area (Å²) in [5.74, 6) is -0.0477. The van der Waals surface area contributed by atoms with Gasteiger partial charge in [-0.2, -0.15) is 0 Å². The predicted octanol–water partition coefficient (Wildman–Crippen LogP) is 3.23. The van der Waals surface area contributed by atoms with E-state index in [1.807, 2.05) is 19.1 Å². The fourth-order valence-electron chi connectivity index (χ4n) is 2.31. The van der Waals surface area contributed by atoms with E-state index in [2.05, 4.69) is 10.6 Å². The zero-order valence-corrected chi connectivity index (χ0v) is 14.8. The molecule has 6 nitrogen and oxygen atoms in total. The van der Waals surface area contributed by atoms with Gasteiger partial charge in [0.1, 0.15) is 11.8 Å². The van der Waals surface area contributed by atoms with Crippen LogP contribution in [0.4, 0.5) is 11.4 Å². The zero-order chi connectivity index (χ0) is 18.4. The molecule has 1 amide bonds. The Morgan fingerprint density at radius 3 is 2.44 bits per heavy atom. The maximum Gasteiger partial charge on any atom is 0.337 e. The van der Waals surface area contributed by atoms with Crippen molar-refractivity contribution in [2.75, 3.05) is 24.9 Å². The van der Waals surface area contributed by atoms with E-state index in [-0.39, 0.29) is 5.91 Å². The number of carbonyl (C=O) groups excluding carboxylic acids is 2. The number of methoxy groups -OCH3 is 2. The number of aryl methyl sites for hydroxylation is 1. The number of amides is 1. The third-order valence-electron chi connectivity index (χ3n) is 3.79. The summed E-state index contributed by atoms with van der Waals surface area (Å²) >= 11 is 0. The van der Waals surface area contributed by atoms with Crippen LogP contribution in [0.2, 0.25) is 0 Å². The zero-order valence-electron chi connectivity index (χ0n) is 14.8. The number of hydrogen-bond acceptors (Lipinski definition) is 5. The van der Waals surface area contributed by atoms with E-state index in [0.717, 1.165) is 5.56 Å². The lowest BCUT2D eigenvalue weighted by atomic mass is 10.1. The molecule has 2 aromatic rings. The van der Waals surface area contributed by atoms with Crippen LogP contribution < -0.4 is 15.4 Å². The Kier molecular flexibility index (Phi) is 6.00. The molecule has 25 heavy (non-hydrogen) atoms. The Hall–Kier alpha value is -3.02. The van der Waals surface area contributed by atoms with Gasteiger partial charge in [-0.25, -0.2) is 4.79 Å². The molecule has 0 saturated heterocycles. The van der Waals surface area contributed by atoms with Crippen molar-refractivity contribution in [2.45, 2.75) is 19.9 Å². The molecule has 2 aromatic carbocycles. The maximum absolute atomic E-state index is 12.5. The molecule has 2 N–H and O–H groups in total. The van der Waals surface area contributed by atoms with Crippen LogP contribution in [0.15, 0.2) is 42.5 Å². The molecule has 0 saturated carbocycles. The molecule has 0 bridgehead atoms. The number of benzene rings is 2. The molecule has 0 aliphatic rings. The standard InChI is InChI=1S/C19H22N2O4/c1-12-9-10-14(19(23)25-4)11-16(12)20-13(2)18(22)21-15-7-5-6-8-17(15)24-3/h5-11,13,20H,1-4H3,(H,21,22)/t13-/m1/s1. The summed E-state index contributed by atoms with van der Waals surface area (Å²) in [6, 6.07) is 11.8. The Morgan fingerprint density at radius 2 is 1.76 bits per heavy atom. The minimum Gasteiger partial charge on any atom is -0.495 e. The van der Waals surface area contributed by atoms with Crippen molar-refractivity contribution in [3.8, 4) is 5.75 Å². The van der Waals surface area contributed by atoms with Gasteiger partial charge in [0, 0.05) is 5.69 Å². The first-order valence-corrected chi connectivity index (χ1v) is 7.85. The lowest BCUT2D eigenvalue weighted by Gasteiger charge is -2.18. The van der Waals surface area contributed by atoms with Crippen molar-refractivity contribution in [1.29, 1.82) is 0 Å². The summed E-state index contributed by atoms with van der Waals surface area (Å²) in [5, 5.41) is 5.96. The highest BCUT2D eigenvalue weighted by Crippen LogP contribution is 2.24. The minimum absolute atomic E-state index is 0.215. The molecular formula is C19H22N2O4.